The minimum atomic E-state index is 0.129. The Hall–Kier alpha value is -2.82. The first-order valence-corrected chi connectivity index (χ1v) is 8.67. The molecule has 0 amide bonds. The van der Waals surface area contributed by atoms with E-state index in [1.165, 1.54) is 16.7 Å². The smallest absolute Gasteiger partial charge is 0.222 e. The van der Waals surface area contributed by atoms with E-state index < -0.39 is 0 Å². The zero-order chi connectivity index (χ0) is 17.2. The standard InChI is InChI=1S/C20H22N4O/c1-3-14-7-9-15(10-8-14)18-12-19(24-20(23-18)21-13-22-24)16-5-4-6-17(11-16)25-2/h4-11,13,18-19H,3,12H2,1-2H3,(H,21,22,23)/t18-,19-/m0/s1. The number of anilines is 1. The van der Waals surface area contributed by atoms with E-state index in [1.54, 1.807) is 13.4 Å². The minimum Gasteiger partial charge on any atom is -0.497 e. The van der Waals surface area contributed by atoms with E-state index in [9.17, 15) is 0 Å². The van der Waals surface area contributed by atoms with Crippen molar-refractivity contribution in [3.05, 3.63) is 71.5 Å². The zero-order valence-corrected chi connectivity index (χ0v) is 14.5. The predicted molar refractivity (Wildman–Crippen MR) is 98.0 cm³/mol. The van der Waals surface area contributed by atoms with E-state index in [2.05, 4.69) is 58.7 Å². The Morgan fingerprint density at radius 1 is 1.16 bits per heavy atom. The molecule has 128 valence electrons. The highest BCUT2D eigenvalue weighted by Gasteiger charge is 2.30. The fraction of sp³-hybridized carbons (Fsp3) is 0.300. The molecule has 0 bridgehead atoms. The molecule has 0 radical (unpaired) electrons. The average Bonchev–Trinajstić information content (AvgIpc) is 3.16. The third kappa shape index (κ3) is 2.97. The van der Waals surface area contributed by atoms with Crippen molar-refractivity contribution in [1.29, 1.82) is 0 Å². The highest BCUT2D eigenvalue weighted by atomic mass is 16.5. The molecule has 1 aromatic heterocycles. The van der Waals surface area contributed by atoms with Crippen LogP contribution in [0.5, 0.6) is 5.75 Å². The van der Waals surface area contributed by atoms with Crippen LogP contribution in [0.1, 0.15) is 42.1 Å². The fourth-order valence-electron chi connectivity index (χ4n) is 3.45. The van der Waals surface area contributed by atoms with Gasteiger partial charge in [0, 0.05) is 0 Å². The molecule has 0 saturated carbocycles. The summed E-state index contributed by atoms with van der Waals surface area (Å²) in [6.07, 6.45) is 3.58. The Morgan fingerprint density at radius 2 is 2.00 bits per heavy atom. The van der Waals surface area contributed by atoms with Crippen LogP contribution in [0, 0.1) is 0 Å². The maximum Gasteiger partial charge on any atom is 0.222 e. The fourth-order valence-corrected chi connectivity index (χ4v) is 3.45. The van der Waals surface area contributed by atoms with E-state index in [-0.39, 0.29) is 12.1 Å². The van der Waals surface area contributed by atoms with E-state index in [1.807, 2.05) is 16.8 Å². The summed E-state index contributed by atoms with van der Waals surface area (Å²) in [5, 5.41) is 7.94. The Kier molecular flexibility index (Phi) is 4.14. The van der Waals surface area contributed by atoms with Crippen molar-refractivity contribution < 1.29 is 4.74 Å². The van der Waals surface area contributed by atoms with Crippen molar-refractivity contribution in [1.82, 2.24) is 14.8 Å². The lowest BCUT2D eigenvalue weighted by atomic mass is 9.92. The number of ether oxygens (including phenoxy) is 1. The summed E-state index contributed by atoms with van der Waals surface area (Å²) in [6.45, 7) is 2.18. The van der Waals surface area contributed by atoms with Crippen molar-refractivity contribution in [3.63, 3.8) is 0 Å². The molecule has 0 spiro atoms. The predicted octanol–water partition coefficient (Wildman–Crippen LogP) is 4.00. The summed E-state index contributed by atoms with van der Waals surface area (Å²) in [7, 11) is 1.69. The van der Waals surface area contributed by atoms with Gasteiger partial charge in [-0.2, -0.15) is 10.1 Å². The first-order chi connectivity index (χ1) is 12.3. The van der Waals surface area contributed by atoms with Crippen LogP contribution in [0.2, 0.25) is 0 Å². The third-order valence-electron chi connectivity index (χ3n) is 4.90. The monoisotopic (exact) mass is 334 g/mol. The number of benzene rings is 2. The molecular weight excluding hydrogens is 312 g/mol. The third-order valence-corrected chi connectivity index (χ3v) is 4.90. The second-order valence-corrected chi connectivity index (χ2v) is 6.35. The van der Waals surface area contributed by atoms with Crippen LogP contribution in [-0.4, -0.2) is 21.9 Å². The number of hydrogen-bond donors (Lipinski definition) is 1. The highest BCUT2D eigenvalue weighted by molar-refractivity contribution is 5.40. The van der Waals surface area contributed by atoms with Gasteiger partial charge in [0.05, 0.1) is 19.2 Å². The molecule has 5 heteroatoms. The summed E-state index contributed by atoms with van der Waals surface area (Å²) < 4.78 is 7.36. The molecule has 0 saturated heterocycles. The van der Waals surface area contributed by atoms with Crippen LogP contribution in [0.3, 0.4) is 0 Å². The van der Waals surface area contributed by atoms with Gasteiger partial charge in [0.1, 0.15) is 12.1 Å². The molecule has 4 rings (SSSR count). The number of rotatable bonds is 4. The number of methoxy groups -OCH3 is 1. The molecule has 0 aliphatic carbocycles. The molecule has 1 aliphatic heterocycles. The largest absolute Gasteiger partial charge is 0.497 e. The Labute approximate surface area is 147 Å². The van der Waals surface area contributed by atoms with Gasteiger partial charge in [0.15, 0.2) is 0 Å². The van der Waals surface area contributed by atoms with Crippen molar-refractivity contribution in [2.75, 3.05) is 12.4 Å². The zero-order valence-electron chi connectivity index (χ0n) is 14.5. The Bertz CT molecular complexity index is 856. The maximum atomic E-state index is 5.39. The molecule has 0 unspecified atom stereocenters. The van der Waals surface area contributed by atoms with Gasteiger partial charge in [-0.1, -0.05) is 43.3 Å². The number of hydrogen-bond acceptors (Lipinski definition) is 4. The van der Waals surface area contributed by atoms with Gasteiger partial charge in [0.25, 0.3) is 0 Å². The Morgan fingerprint density at radius 3 is 2.76 bits per heavy atom. The topological polar surface area (TPSA) is 52.0 Å². The second kappa shape index (κ2) is 6.59. The minimum absolute atomic E-state index is 0.129. The van der Waals surface area contributed by atoms with Crippen molar-refractivity contribution in [2.45, 2.75) is 31.8 Å². The SMILES string of the molecule is CCc1ccc([C@@H]2C[C@@H](c3cccc(OC)c3)n3ncnc3N2)cc1. The van der Waals surface area contributed by atoms with E-state index in [0.29, 0.717) is 0 Å². The second-order valence-electron chi connectivity index (χ2n) is 6.35. The van der Waals surface area contributed by atoms with Crippen LogP contribution < -0.4 is 10.1 Å². The first-order valence-electron chi connectivity index (χ1n) is 8.67. The van der Waals surface area contributed by atoms with Crippen molar-refractivity contribution in [3.8, 4) is 5.75 Å². The molecule has 2 heterocycles. The number of aromatic nitrogens is 3. The molecule has 3 aromatic rings. The van der Waals surface area contributed by atoms with Crippen molar-refractivity contribution in [2.24, 2.45) is 0 Å². The van der Waals surface area contributed by atoms with Gasteiger partial charge in [0.2, 0.25) is 5.95 Å². The highest BCUT2D eigenvalue weighted by Crippen LogP contribution is 2.38. The number of aryl methyl sites for hydroxylation is 1. The lowest BCUT2D eigenvalue weighted by molar-refractivity contribution is 0.406. The molecule has 0 fully saturated rings. The lowest BCUT2D eigenvalue weighted by Gasteiger charge is -2.32. The summed E-state index contributed by atoms with van der Waals surface area (Å²) >= 11 is 0. The van der Waals surface area contributed by atoms with Gasteiger partial charge in [-0.25, -0.2) is 4.68 Å². The molecule has 2 atom stereocenters. The Balaban J connectivity index is 1.69. The van der Waals surface area contributed by atoms with Crippen molar-refractivity contribution >= 4 is 5.95 Å². The van der Waals surface area contributed by atoms with Crippen LogP contribution in [0.15, 0.2) is 54.9 Å². The molecule has 5 nitrogen and oxygen atoms in total. The summed E-state index contributed by atoms with van der Waals surface area (Å²) in [5.41, 5.74) is 3.81. The van der Waals surface area contributed by atoms with E-state index >= 15 is 0 Å². The molecule has 1 aliphatic rings. The average molecular weight is 334 g/mol. The lowest BCUT2D eigenvalue weighted by Crippen LogP contribution is -2.28. The van der Waals surface area contributed by atoms with Crippen LogP contribution in [0.4, 0.5) is 5.95 Å². The van der Waals surface area contributed by atoms with Gasteiger partial charge in [-0.3, -0.25) is 0 Å². The summed E-state index contributed by atoms with van der Waals surface area (Å²) in [6, 6.07) is 17.4. The first kappa shape index (κ1) is 15.7. The summed E-state index contributed by atoms with van der Waals surface area (Å²) in [5.74, 6) is 1.67. The van der Waals surface area contributed by atoms with Crippen LogP contribution >= 0.6 is 0 Å². The molecular formula is C20H22N4O. The molecule has 25 heavy (non-hydrogen) atoms. The number of nitrogens with one attached hydrogen (secondary N) is 1. The van der Waals surface area contributed by atoms with Gasteiger partial charge < -0.3 is 10.1 Å². The quantitative estimate of drug-likeness (QED) is 0.784. The number of nitrogens with zero attached hydrogens (tertiary/aromatic N) is 3. The van der Waals surface area contributed by atoms with E-state index in [4.69, 9.17) is 4.74 Å². The molecule has 2 aromatic carbocycles. The van der Waals surface area contributed by atoms with Gasteiger partial charge in [-0.05, 0) is 41.7 Å². The summed E-state index contributed by atoms with van der Waals surface area (Å²) in [4.78, 5) is 4.39. The normalized spacial score (nSPS) is 19.1. The van der Waals surface area contributed by atoms with Crippen LogP contribution in [-0.2, 0) is 6.42 Å². The van der Waals surface area contributed by atoms with Gasteiger partial charge >= 0.3 is 0 Å². The number of fused-ring (bicyclic) bond motifs is 1. The maximum absolute atomic E-state index is 5.39. The van der Waals surface area contributed by atoms with E-state index in [0.717, 1.165) is 24.5 Å². The van der Waals surface area contributed by atoms with Gasteiger partial charge in [-0.15, -0.1) is 0 Å². The molecule has 1 N–H and O–H groups in total. The van der Waals surface area contributed by atoms with Crippen LogP contribution in [0.25, 0.3) is 0 Å².